The maximum Gasteiger partial charge on any atom is 0.306 e. The molecule has 0 spiro atoms. The van der Waals surface area contributed by atoms with E-state index in [1.165, 1.54) is 102 Å². The Balaban J connectivity index is 1.09. The van der Waals surface area contributed by atoms with Gasteiger partial charge in [0, 0.05) is 12.8 Å². The van der Waals surface area contributed by atoms with Gasteiger partial charge in [0.1, 0.15) is 19.8 Å². The summed E-state index contributed by atoms with van der Waals surface area (Å²) in [6.45, 7) is 1.94. The highest BCUT2D eigenvalue weighted by atomic mass is 31.2. The number of hydrogen-bond donors (Lipinski definition) is 0. The van der Waals surface area contributed by atoms with Crippen molar-refractivity contribution < 1.29 is 42.1 Å². The number of quaternary nitrogens is 1. The van der Waals surface area contributed by atoms with Gasteiger partial charge in [-0.2, -0.15) is 0 Å². The lowest BCUT2D eigenvalue weighted by atomic mass is 9.92. The van der Waals surface area contributed by atoms with Crippen LogP contribution in [0.1, 0.15) is 154 Å². The van der Waals surface area contributed by atoms with Crippen molar-refractivity contribution in [2.45, 2.75) is 161 Å². The Morgan fingerprint density at radius 3 is 1.60 bits per heavy atom. The predicted molar refractivity (Wildman–Crippen MR) is 244 cm³/mol. The summed E-state index contributed by atoms with van der Waals surface area (Å²) < 4.78 is 34.1. The molecule has 0 N–H and O–H groups in total. The molecule has 0 bridgehead atoms. The molecule has 4 rings (SSSR count). The van der Waals surface area contributed by atoms with Gasteiger partial charge in [0.05, 0.1) is 27.7 Å². The van der Waals surface area contributed by atoms with E-state index in [4.69, 9.17) is 18.5 Å². The molecule has 9 nitrogen and oxygen atoms in total. The zero-order valence-corrected chi connectivity index (χ0v) is 38.4. The Labute approximate surface area is 361 Å². The zero-order valence-electron chi connectivity index (χ0n) is 37.5. The fraction of sp³-hybridized carbons (Fsp3) is 0.640. The van der Waals surface area contributed by atoms with Gasteiger partial charge in [-0.25, -0.2) is 0 Å². The Morgan fingerprint density at radius 1 is 0.600 bits per heavy atom. The van der Waals surface area contributed by atoms with Crippen LogP contribution in [-0.4, -0.2) is 70.0 Å². The maximum atomic E-state index is 12.8. The lowest BCUT2D eigenvalue weighted by Crippen LogP contribution is -2.37. The first-order valence-electron chi connectivity index (χ1n) is 23.4. The van der Waals surface area contributed by atoms with Crippen LogP contribution in [0.4, 0.5) is 0 Å². The van der Waals surface area contributed by atoms with Gasteiger partial charge < -0.3 is 27.9 Å². The first kappa shape index (κ1) is 49.6. The van der Waals surface area contributed by atoms with Crippen molar-refractivity contribution in [1.29, 1.82) is 0 Å². The third kappa shape index (κ3) is 19.3. The number of esters is 2. The summed E-state index contributed by atoms with van der Waals surface area (Å²) in [5.41, 5.74) is 1.39. The smallest absolute Gasteiger partial charge is 0.306 e. The molecule has 0 aromatic heterocycles. The minimum absolute atomic E-state index is 0.0373. The second kappa shape index (κ2) is 27.1. The van der Waals surface area contributed by atoms with Crippen molar-refractivity contribution in [3.05, 3.63) is 60.2 Å². The van der Waals surface area contributed by atoms with Crippen molar-refractivity contribution in [3.8, 4) is 0 Å². The topological polar surface area (TPSA) is 111 Å². The Kier molecular flexibility index (Phi) is 22.4. The summed E-state index contributed by atoms with van der Waals surface area (Å²) in [6, 6.07) is 20.2. The number of benzene rings is 4. The van der Waals surface area contributed by atoms with Crippen LogP contribution < -0.4 is 4.89 Å². The van der Waals surface area contributed by atoms with E-state index in [-0.39, 0.29) is 32.0 Å². The average molecular weight is 850 g/mol. The average Bonchev–Trinajstić information content (AvgIpc) is 3.21. The molecule has 2 atom stereocenters. The molecule has 4 aromatic rings. The van der Waals surface area contributed by atoms with Gasteiger partial charge in [0.25, 0.3) is 7.82 Å². The number of likely N-dealkylation sites (N-methyl/N-ethyl adjacent to an activating group) is 1. The van der Waals surface area contributed by atoms with E-state index in [2.05, 4.69) is 61.5 Å². The van der Waals surface area contributed by atoms with Crippen molar-refractivity contribution >= 4 is 52.1 Å². The van der Waals surface area contributed by atoms with Gasteiger partial charge in [-0.3, -0.25) is 14.2 Å². The second-order valence-corrected chi connectivity index (χ2v) is 19.4. The number of rotatable bonds is 34. The van der Waals surface area contributed by atoms with Crippen LogP contribution in [0.15, 0.2) is 54.6 Å². The number of carbonyl (C=O) groups excluding carboxylic acids is 2. The summed E-state index contributed by atoms with van der Waals surface area (Å²) in [6.07, 6.45) is 23.5. The largest absolute Gasteiger partial charge is 0.756 e. The summed E-state index contributed by atoms with van der Waals surface area (Å²) in [7, 11) is 1.15. The molecule has 334 valence electrons. The Morgan fingerprint density at radius 2 is 1.07 bits per heavy atom. The van der Waals surface area contributed by atoms with Crippen LogP contribution in [0.2, 0.25) is 0 Å². The number of aryl methyl sites for hydroxylation is 1. The van der Waals surface area contributed by atoms with E-state index in [9.17, 15) is 19.0 Å². The maximum absolute atomic E-state index is 12.8. The van der Waals surface area contributed by atoms with E-state index < -0.39 is 26.5 Å². The highest BCUT2D eigenvalue weighted by molar-refractivity contribution is 7.45. The summed E-state index contributed by atoms with van der Waals surface area (Å²) >= 11 is 0. The normalized spacial score (nSPS) is 13.6. The van der Waals surface area contributed by atoms with Crippen molar-refractivity contribution in [3.63, 3.8) is 0 Å². The van der Waals surface area contributed by atoms with Gasteiger partial charge in [0.15, 0.2) is 6.10 Å². The highest BCUT2D eigenvalue weighted by Gasteiger charge is 2.22. The van der Waals surface area contributed by atoms with Gasteiger partial charge >= 0.3 is 11.9 Å². The number of carbonyl (C=O) groups is 2. The van der Waals surface area contributed by atoms with Gasteiger partial charge in [-0.15, -0.1) is 0 Å². The number of nitrogens with zero attached hydrogens (tertiary/aromatic N) is 1. The summed E-state index contributed by atoms with van der Waals surface area (Å²) in [5, 5.41) is 7.95. The standard InChI is InChI=1S/C50H76NO8P/c1-5-6-7-8-9-10-11-12-13-14-17-20-23-29-47(52)56-39-46(40-58-60(54,55)57-36-35-51(2,3)4)59-48(53)30-24-21-18-15-16-19-22-26-41-37-44-33-31-42-27-25-28-43-32-34-45(38-41)50(44)49(42)43/h25,27-28,31-34,37-38,46H,5-24,26,29-30,35-36,39-40H2,1-4H3/t46-/m1/s1. The second-order valence-electron chi connectivity index (χ2n) is 18.0. The van der Waals surface area contributed by atoms with Crippen molar-refractivity contribution in [2.24, 2.45) is 0 Å². The van der Waals surface area contributed by atoms with Crippen LogP contribution >= 0.6 is 7.82 Å². The summed E-state index contributed by atoms with van der Waals surface area (Å²) in [4.78, 5) is 37.8. The van der Waals surface area contributed by atoms with Crippen LogP contribution in [-0.2, 0) is 39.1 Å². The molecule has 0 saturated carbocycles. The first-order chi connectivity index (χ1) is 28.9. The number of phosphoric ester groups is 1. The molecule has 0 aliphatic carbocycles. The van der Waals surface area contributed by atoms with E-state index in [0.717, 1.165) is 64.2 Å². The van der Waals surface area contributed by atoms with Crippen molar-refractivity contribution in [1.82, 2.24) is 0 Å². The number of hydrogen-bond acceptors (Lipinski definition) is 8. The fourth-order valence-corrected chi connectivity index (χ4v) is 8.72. The number of phosphoric acid groups is 1. The number of unbranched alkanes of at least 4 members (excludes halogenated alkanes) is 18. The lowest BCUT2D eigenvalue weighted by molar-refractivity contribution is -0.870. The molecule has 0 heterocycles. The molecule has 0 radical (unpaired) electrons. The highest BCUT2D eigenvalue weighted by Crippen LogP contribution is 2.38. The van der Waals surface area contributed by atoms with E-state index >= 15 is 0 Å². The third-order valence-electron chi connectivity index (χ3n) is 11.5. The molecular weight excluding hydrogens is 774 g/mol. The Hall–Kier alpha value is -3.07. The van der Waals surface area contributed by atoms with E-state index in [1.54, 1.807) is 0 Å². The lowest BCUT2D eigenvalue weighted by Gasteiger charge is -2.28. The molecule has 0 saturated heterocycles. The van der Waals surface area contributed by atoms with Crippen LogP contribution in [0, 0.1) is 0 Å². The molecule has 0 amide bonds. The van der Waals surface area contributed by atoms with Crippen LogP contribution in [0.5, 0.6) is 0 Å². The zero-order chi connectivity index (χ0) is 43.1. The minimum Gasteiger partial charge on any atom is -0.756 e. The van der Waals surface area contributed by atoms with Crippen molar-refractivity contribution in [2.75, 3.05) is 47.5 Å². The monoisotopic (exact) mass is 850 g/mol. The molecule has 0 fully saturated rings. The Bertz CT molecular complexity index is 1810. The first-order valence-corrected chi connectivity index (χ1v) is 24.8. The number of ether oxygens (including phenoxy) is 2. The van der Waals surface area contributed by atoms with E-state index in [1.807, 2.05) is 21.1 Å². The van der Waals surface area contributed by atoms with Gasteiger partial charge in [0.2, 0.25) is 0 Å². The molecule has 0 aliphatic heterocycles. The minimum atomic E-state index is -4.64. The molecular formula is C50H76NO8P. The molecule has 60 heavy (non-hydrogen) atoms. The van der Waals surface area contributed by atoms with Crippen LogP contribution in [0.3, 0.4) is 0 Å². The van der Waals surface area contributed by atoms with Gasteiger partial charge in [-0.1, -0.05) is 171 Å². The molecule has 0 aliphatic rings. The molecule has 4 aromatic carbocycles. The predicted octanol–water partition coefficient (Wildman–Crippen LogP) is 12.4. The molecule has 1 unspecified atom stereocenters. The van der Waals surface area contributed by atoms with Crippen LogP contribution in [0.25, 0.3) is 32.3 Å². The summed E-state index contributed by atoms with van der Waals surface area (Å²) in [5.74, 6) is -0.851. The SMILES string of the molecule is CCCCCCCCCCCCCCCC(=O)OC[C@H](COP(=O)([O-])OCC[N+](C)(C)C)OC(=O)CCCCCCCCCc1cc2ccc3cccc4ccc(c1)c2c34. The molecule has 10 heteroatoms. The fourth-order valence-electron chi connectivity index (χ4n) is 7.99. The van der Waals surface area contributed by atoms with Gasteiger partial charge in [-0.05, 0) is 63.6 Å². The van der Waals surface area contributed by atoms with E-state index in [0.29, 0.717) is 17.4 Å². The quantitative estimate of drug-likeness (QED) is 0.0150. The third-order valence-corrected chi connectivity index (χ3v) is 12.5.